The Morgan fingerprint density at radius 3 is 2.10 bits per heavy atom. The summed E-state index contributed by atoms with van der Waals surface area (Å²) in [6, 6.07) is 19.5. The number of pyridine rings is 1. The van der Waals surface area contributed by atoms with Gasteiger partial charge in [-0.15, -0.1) is 0 Å². The third kappa shape index (κ3) is 6.94. The van der Waals surface area contributed by atoms with Crippen LogP contribution < -0.4 is 23.8 Å². The largest absolute Gasteiger partial charge is 0.493 e. The van der Waals surface area contributed by atoms with Gasteiger partial charge in [-0.3, -0.25) is 18.8 Å². The van der Waals surface area contributed by atoms with Crippen LogP contribution in [0.4, 0.5) is 17.1 Å². The fourth-order valence-corrected chi connectivity index (χ4v) is 6.30. The molecule has 0 aliphatic heterocycles. The molecule has 13 heteroatoms. The third-order valence-corrected chi connectivity index (χ3v) is 9.08. The maximum atomic E-state index is 13.7. The Kier molecular flexibility index (Phi) is 8.79. The number of nitrogens with zero attached hydrogens (tertiary/aromatic N) is 2. The van der Waals surface area contributed by atoms with Crippen molar-refractivity contribution in [3.63, 3.8) is 0 Å². The summed E-state index contributed by atoms with van der Waals surface area (Å²) >= 11 is 0. The fourth-order valence-electron chi connectivity index (χ4n) is 3.82. The Morgan fingerprint density at radius 2 is 1.49 bits per heavy atom. The van der Waals surface area contributed by atoms with Crippen LogP contribution in [0, 0.1) is 6.92 Å². The van der Waals surface area contributed by atoms with Crippen molar-refractivity contribution in [1.29, 1.82) is 0 Å². The molecule has 41 heavy (non-hydrogen) atoms. The van der Waals surface area contributed by atoms with E-state index in [4.69, 9.17) is 9.47 Å². The first-order chi connectivity index (χ1) is 19.5. The standard InChI is InChI=1S/C28H28N4O7S2/c1-20-6-10-23(11-7-20)32(41(36,37)25-14-15-26(38-2)27(17-25)39-3)19-28(33)30-21-8-12-24(13-9-21)40(34,35)31-22-5-4-16-29-18-22/h4-18,31H,19H2,1-3H3,(H,30,33). The number of nitrogens with one attached hydrogen (secondary N) is 2. The first kappa shape index (κ1) is 29.4. The zero-order valence-corrected chi connectivity index (χ0v) is 24.1. The Balaban J connectivity index is 1.56. The van der Waals surface area contributed by atoms with E-state index in [0.717, 1.165) is 9.87 Å². The van der Waals surface area contributed by atoms with E-state index < -0.39 is 32.5 Å². The van der Waals surface area contributed by atoms with Crippen molar-refractivity contribution >= 4 is 43.0 Å². The summed E-state index contributed by atoms with van der Waals surface area (Å²) in [5.41, 5.74) is 1.78. The topological polar surface area (TPSA) is 144 Å². The Hall–Kier alpha value is -4.62. The molecule has 0 fully saturated rings. The molecule has 4 aromatic rings. The summed E-state index contributed by atoms with van der Waals surface area (Å²) in [4.78, 5) is 16.8. The monoisotopic (exact) mass is 596 g/mol. The number of amides is 1. The van der Waals surface area contributed by atoms with E-state index in [1.807, 2.05) is 6.92 Å². The molecular weight excluding hydrogens is 568 g/mol. The van der Waals surface area contributed by atoms with Gasteiger partial charge in [-0.1, -0.05) is 17.7 Å². The predicted molar refractivity (Wildman–Crippen MR) is 155 cm³/mol. The highest BCUT2D eigenvalue weighted by molar-refractivity contribution is 7.93. The molecule has 0 aliphatic carbocycles. The van der Waals surface area contributed by atoms with Gasteiger partial charge in [0.05, 0.1) is 41.6 Å². The molecule has 1 amide bonds. The predicted octanol–water partition coefficient (Wildman–Crippen LogP) is 4.04. The summed E-state index contributed by atoms with van der Waals surface area (Å²) in [6.07, 6.45) is 2.90. The highest BCUT2D eigenvalue weighted by Gasteiger charge is 2.28. The fraction of sp³-hybridized carbons (Fsp3) is 0.143. The molecule has 0 radical (unpaired) electrons. The smallest absolute Gasteiger partial charge is 0.264 e. The zero-order chi connectivity index (χ0) is 29.6. The minimum atomic E-state index is -4.22. The third-order valence-electron chi connectivity index (χ3n) is 5.91. The average Bonchev–Trinajstić information content (AvgIpc) is 2.96. The van der Waals surface area contributed by atoms with E-state index in [1.54, 1.807) is 36.4 Å². The molecule has 214 valence electrons. The van der Waals surface area contributed by atoms with E-state index in [2.05, 4.69) is 15.0 Å². The first-order valence-electron chi connectivity index (χ1n) is 12.2. The summed E-state index contributed by atoms with van der Waals surface area (Å²) in [7, 11) is -5.28. The molecule has 0 bridgehead atoms. The highest BCUT2D eigenvalue weighted by Crippen LogP contribution is 2.32. The van der Waals surface area contributed by atoms with Crippen LogP contribution >= 0.6 is 0 Å². The van der Waals surface area contributed by atoms with E-state index in [-0.39, 0.29) is 26.9 Å². The molecule has 11 nitrogen and oxygen atoms in total. The van der Waals surface area contributed by atoms with E-state index in [9.17, 15) is 21.6 Å². The maximum Gasteiger partial charge on any atom is 0.264 e. The number of methoxy groups -OCH3 is 2. The minimum absolute atomic E-state index is 0.0309. The van der Waals surface area contributed by atoms with Crippen LogP contribution in [-0.2, 0) is 24.8 Å². The van der Waals surface area contributed by atoms with Gasteiger partial charge in [-0.2, -0.15) is 0 Å². The molecule has 0 unspecified atom stereocenters. The van der Waals surface area contributed by atoms with Crippen LogP contribution in [-0.4, -0.2) is 48.5 Å². The molecule has 0 spiro atoms. The maximum absolute atomic E-state index is 13.7. The van der Waals surface area contributed by atoms with E-state index in [0.29, 0.717) is 11.4 Å². The molecule has 3 aromatic carbocycles. The number of sulfonamides is 2. The van der Waals surface area contributed by atoms with Crippen LogP contribution in [0.25, 0.3) is 0 Å². The molecule has 1 aromatic heterocycles. The summed E-state index contributed by atoms with van der Waals surface area (Å²) < 4.78 is 66.7. The lowest BCUT2D eigenvalue weighted by molar-refractivity contribution is -0.114. The van der Waals surface area contributed by atoms with E-state index in [1.165, 1.54) is 69.1 Å². The summed E-state index contributed by atoms with van der Waals surface area (Å²) in [6.45, 7) is 1.31. The van der Waals surface area contributed by atoms with Crippen molar-refractivity contribution in [2.45, 2.75) is 16.7 Å². The van der Waals surface area contributed by atoms with Crippen molar-refractivity contribution < 1.29 is 31.1 Å². The van der Waals surface area contributed by atoms with Crippen molar-refractivity contribution in [1.82, 2.24) is 4.98 Å². The Morgan fingerprint density at radius 1 is 0.829 bits per heavy atom. The first-order valence-corrected chi connectivity index (χ1v) is 15.1. The van der Waals surface area contributed by atoms with Gasteiger partial charge in [0.25, 0.3) is 20.0 Å². The van der Waals surface area contributed by atoms with Gasteiger partial charge in [0.15, 0.2) is 11.5 Å². The van der Waals surface area contributed by atoms with Crippen LogP contribution in [0.5, 0.6) is 11.5 Å². The van der Waals surface area contributed by atoms with Crippen molar-refractivity contribution in [3.05, 3.63) is 96.8 Å². The van der Waals surface area contributed by atoms with Gasteiger partial charge in [0, 0.05) is 18.0 Å². The van der Waals surface area contributed by atoms with Gasteiger partial charge in [0.2, 0.25) is 5.91 Å². The molecular formula is C28H28N4O7S2. The number of benzene rings is 3. The van der Waals surface area contributed by atoms with Crippen molar-refractivity contribution in [2.75, 3.05) is 35.1 Å². The number of hydrogen-bond acceptors (Lipinski definition) is 8. The van der Waals surface area contributed by atoms with Gasteiger partial charge in [-0.25, -0.2) is 16.8 Å². The van der Waals surface area contributed by atoms with Crippen LogP contribution in [0.3, 0.4) is 0 Å². The molecule has 0 saturated heterocycles. The van der Waals surface area contributed by atoms with Crippen molar-refractivity contribution in [2.24, 2.45) is 0 Å². The minimum Gasteiger partial charge on any atom is -0.493 e. The number of aryl methyl sites for hydroxylation is 1. The van der Waals surface area contributed by atoms with Gasteiger partial charge >= 0.3 is 0 Å². The lowest BCUT2D eigenvalue weighted by atomic mass is 10.2. The average molecular weight is 597 g/mol. The van der Waals surface area contributed by atoms with Crippen LogP contribution in [0.1, 0.15) is 5.56 Å². The molecule has 0 atom stereocenters. The number of aromatic nitrogens is 1. The number of carbonyl (C=O) groups excluding carboxylic acids is 1. The zero-order valence-electron chi connectivity index (χ0n) is 22.4. The number of rotatable bonds is 11. The number of carbonyl (C=O) groups is 1. The summed E-state index contributed by atoms with van der Waals surface area (Å²) in [5, 5.41) is 2.63. The Bertz CT molecular complexity index is 1730. The van der Waals surface area contributed by atoms with Crippen LogP contribution in [0.2, 0.25) is 0 Å². The lowest BCUT2D eigenvalue weighted by Gasteiger charge is -2.24. The Labute approximate surface area is 238 Å². The SMILES string of the molecule is COc1ccc(S(=O)(=O)N(CC(=O)Nc2ccc(S(=O)(=O)Nc3cccnc3)cc2)c2ccc(C)cc2)cc1OC. The number of anilines is 3. The molecule has 0 aliphatic rings. The van der Waals surface area contributed by atoms with E-state index >= 15 is 0 Å². The van der Waals surface area contributed by atoms with Crippen LogP contribution in [0.15, 0.2) is 101 Å². The summed E-state index contributed by atoms with van der Waals surface area (Å²) in [5.74, 6) is -0.0687. The van der Waals surface area contributed by atoms with Crippen molar-refractivity contribution in [3.8, 4) is 11.5 Å². The highest BCUT2D eigenvalue weighted by atomic mass is 32.2. The molecule has 1 heterocycles. The number of hydrogen-bond donors (Lipinski definition) is 2. The second kappa shape index (κ2) is 12.3. The second-order valence-corrected chi connectivity index (χ2v) is 12.3. The normalized spacial score (nSPS) is 11.4. The van der Waals surface area contributed by atoms with Gasteiger partial charge < -0.3 is 14.8 Å². The van der Waals surface area contributed by atoms with Gasteiger partial charge in [-0.05, 0) is 67.6 Å². The molecule has 0 saturated carbocycles. The number of ether oxygens (including phenoxy) is 2. The lowest BCUT2D eigenvalue weighted by Crippen LogP contribution is -2.38. The molecule has 4 rings (SSSR count). The quantitative estimate of drug-likeness (QED) is 0.264. The second-order valence-electron chi connectivity index (χ2n) is 8.78. The van der Waals surface area contributed by atoms with Gasteiger partial charge in [0.1, 0.15) is 6.54 Å². The molecule has 2 N–H and O–H groups in total.